The maximum absolute atomic E-state index is 14.0. The largest absolute Gasteiger partial charge is 0.334 e. The molecule has 0 aromatic heterocycles. The lowest BCUT2D eigenvalue weighted by Gasteiger charge is -2.28. The standard InChI is InChI=1S/C24H24F2O/c1-2-16-3-5-17(6-4-16)18-7-9-19(10-8-18)20-11-13-22-21(15-20)12-14-23(27)24(22,25)26/h7-17H,2-6H2,1H3. The molecule has 1 saturated carbocycles. The van der Waals surface area contributed by atoms with Gasteiger partial charge in [-0.1, -0.05) is 55.8 Å². The highest BCUT2D eigenvalue weighted by atomic mass is 19.3. The number of allylic oxidation sites excluding steroid dienone is 1. The third kappa shape index (κ3) is 3.36. The first-order valence-electron chi connectivity index (χ1n) is 9.84. The van der Waals surface area contributed by atoms with Crippen molar-refractivity contribution in [1.82, 2.24) is 0 Å². The van der Waals surface area contributed by atoms with E-state index in [9.17, 15) is 13.6 Å². The Labute approximate surface area is 159 Å². The molecule has 0 radical (unpaired) electrons. The Kier molecular flexibility index (Phi) is 4.71. The number of hydrogen-bond donors (Lipinski definition) is 0. The molecule has 2 aromatic carbocycles. The second-order valence-corrected chi connectivity index (χ2v) is 7.82. The second kappa shape index (κ2) is 7.03. The number of halogens is 2. The van der Waals surface area contributed by atoms with Crippen LogP contribution in [0, 0.1) is 5.92 Å². The van der Waals surface area contributed by atoms with E-state index in [-0.39, 0.29) is 5.56 Å². The van der Waals surface area contributed by atoms with Crippen molar-refractivity contribution in [3.8, 4) is 11.1 Å². The molecule has 4 rings (SSSR count). The molecule has 0 aliphatic heterocycles. The van der Waals surface area contributed by atoms with E-state index in [4.69, 9.17) is 0 Å². The van der Waals surface area contributed by atoms with Crippen LogP contribution in [-0.4, -0.2) is 5.78 Å². The molecule has 1 fully saturated rings. The zero-order chi connectivity index (χ0) is 19.0. The van der Waals surface area contributed by atoms with Crippen LogP contribution in [0.3, 0.4) is 0 Å². The Morgan fingerprint density at radius 3 is 2.26 bits per heavy atom. The first-order chi connectivity index (χ1) is 13.0. The third-order valence-corrected chi connectivity index (χ3v) is 6.25. The lowest BCUT2D eigenvalue weighted by Crippen LogP contribution is -2.27. The van der Waals surface area contributed by atoms with Crippen LogP contribution in [0.4, 0.5) is 8.78 Å². The summed E-state index contributed by atoms with van der Waals surface area (Å²) in [7, 11) is 0. The predicted octanol–water partition coefficient (Wildman–Crippen LogP) is 6.73. The van der Waals surface area contributed by atoms with Crippen molar-refractivity contribution in [2.75, 3.05) is 0 Å². The third-order valence-electron chi connectivity index (χ3n) is 6.25. The maximum Gasteiger partial charge on any atom is 0.334 e. The molecular weight excluding hydrogens is 342 g/mol. The minimum atomic E-state index is -3.43. The van der Waals surface area contributed by atoms with Crippen molar-refractivity contribution in [3.63, 3.8) is 0 Å². The molecule has 0 heterocycles. The minimum absolute atomic E-state index is 0.206. The summed E-state index contributed by atoms with van der Waals surface area (Å²) in [5, 5.41) is 0. The molecule has 2 aliphatic carbocycles. The number of carbonyl (C=O) groups is 1. The molecule has 0 amide bonds. The minimum Gasteiger partial charge on any atom is -0.288 e. The first kappa shape index (κ1) is 18.1. The lowest BCUT2D eigenvalue weighted by molar-refractivity contribution is -0.139. The number of carbonyl (C=O) groups excluding carboxylic acids is 1. The Bertz CT molecular complexity index is 872. The molecule has 0 atom stereocenters. The Hall–Kier alpha value is -2.29. The lowest BCUT2D eigenvalue weighted by atomic mass is 9.77. The van der Waals surface area contributed by atoms with E-state index in [1.54, 1.807) is 12.1 Å². The molecule has 0 N–H and O–H groups in total. The van der Waals surface area contributed by atoms with Crippen LogP contribution < -0.4 is 0 Å². The number of rotatable bonds is 3. The summed E-state index contributed by atoms with van der Waals surface area (Å²) in [6, 6.07) is 13.3. The molecule has 2 aliphatic rings. The van der Waals surface area contributed by atoms with Crippen LogP contribution in [0.2, 0.25) is 0 Å². The second-order valence-electron chi connectivity index (χ2n) is 7.82. The molecule has 3 heteroatoms. The molecule has 0 unspecified atom stereocenters. The van der Waals surface area contributed by atoms with Gasteiger partial charge in [-0.05, 0) is 71.9 Å². The number of fused-ring (bicyclic) bond motifs is 1. The SMILES string of the molecule is CCC1CCC(c2ccc(-c3ccc4c(c3)C=CC(=O)C4(F)F)cc2)CC1. The summed E-state index contributed by atoms with van der Waals surface area (Å²) in [4.78, 5) is 11.4. The van der Waals surface area contributed by atoms with Gasteiger partial charge in [-0.25, -0.2) is 0 Å². The van der Waals surface area contributed by atoms with Gasteiger partial charge in [0.15, 0.2) is 0 Å². The van der Waals surface area contributed by atoms with Crippen LogP contribution >= 0.6 is 0 Å². The number of hydrogen-bond acceptors (Lipinski definition) is 1. The molecule has 1 nitrogen and oxygen atoms in total. The van der Waals surface area contributed by atoms with Gasteiger partial charge < -0.3 is 0 Å². The fourth-order valence-electron chi connectivity index (χ4n) is 4.42. The monoisotopic (exact) mass is 366 g/mol. The van der Waals surface area contributed by atoms with Gasteiger partial charge >= 0.3 is 5.92 Å². The summed E-state index contributed by atoms with van der Waals surface area (Å²) in [6.45, 7) is 2.28. The highest BCUT2D eigenvalue weighted by Gasteiger charge is 2.42. The van der Waals surface area contributed by atoms with Gasteiger partial charge in [-0.3, -0.25) is 4.79 Å². The number of benzene rings is 2. The maximum atomic E-state index is 14.0. The first-order valence-corrected chi connectivity index (χ1v) is 9.84. The van der Waals surface area contributed by atoms with E-state index >= 15 is 0 Å². The van der Waals surface area contributed by atoms with Gasteiger partial charge in [0.1, 0.15) is 0 Å². The summed E-state index contributed by atoms with van der Waals surface area (Å²) in [6.07, 6.45) is 8.87. The summed E-state index contributed by atoms with van der Waals surface area (Å²) in [5.41, 5.74) is 3.49. The van der Waals surface area contributed by atoms with E-state index in [1.807, 2.05) is 0 Å². The molecule has 0 saturated heterocycles. The molecule has 27 heavy (non-hydrogen) atoms. The van der Waals surface area contributed by atoms with Gasteiger partial charge in [0.05, 0.1) is 0 Å². The van der Waals surface area contributed by atoms with Crippen molar-refractivity contribution in [2.45, 2.75) is 50.9 Å². The van der Waals surface area contributed by atoms with Crippen LogP contribution in [0.15, 0.2) is 48.5 Å². The smallest absolute Gasteiger partial charge is 0.288 e. The summed E-state index contributed by atoms with van der Waals surface area (Å²) in [5.74, 6) is -3.05. The normalized spacial score (nSPS) is 23.9. The average molecular weight is 366 g/mol. The molecule has 140 valence electrons. The molecule has 0 spiro atoms. The Morgan fingerprint density at radius 2 is 1.59 bits per heavy atom. The van der Waals surface area contributed by atoms with Gasteiger partial charge in [0.25, 0.3) is 0 Å². The van der Waals surface area contributed by atoms with E-state index in [0.29, 0.717) is 11.5 Å². The number of alkyl halides is 2. The van der Waals surface area contributed by atoms with Crippen molar-refractivity contribution in [1.29, 1.82) is 0 Å². The molecular formula is C24H24F2O. The fourth-order valence-corrected chi connectivity index (χ4v) is 4.42. The van der Waals surface area contributed by atoms with Gasteiger partial charge in [-0.2, -0.15) is 8.78 Å². The topological polar surface area (TPSA) is 17.1 Å². The van der Waals surface area contributed by atoms with Crippen LogP contribution in [0.1, 0.15) is 61.6 Å². The van der Waals surface area contributed by atoms with Crippen LogP contribution in [0.25, 0.3) is 17.2 Å². The molecule has 0 bridgehead atoms. The molecule has 2 aromatic rings. The highest BCUT2D eigenvalue weighted by Crippen LogP contribution is 2.39. The van der Waals surface area contributed by atoms with Crippen molar-refractivity contribution in [2.24, 2.45) is 5.92 Å². The summed E-state index contributed by atoms with van der Waals surface area (Å²) < 4.78 is 28.1. The highest BCUT2D eigenvalue weighted by molar-refractivity contribution is 6.03. The van der Waals surface area contributed by atoms with E-state index in [0.717, 1.165) is 23.1 Å². The van der Waals surface area contributed by atoms with Crippen molar-refractivity contribution >= 4 is 11.9 Å². The van der Waals surface area contributed by atoms with E-state index < -0.39 is 11.7 Å². The number of ketones is 1. The van der Waals surface area contributed by atoms with Gasteiger partial charge in [0.2, 0.25) is 5.78 Å². The fraction of sp³-hybridized carbons (Fsp3) is 0.375. The van der Waals surface area contributed by atoms with Crippen molar-refractivity contribution in [3.05, 3.63) is 65.2 Å². The van der Waals surface area contributed by atoms with E-state index in [2.05, 4.69) is 31.2 Å². The Morgan fingerprint density at radius 1 is 0.926 bits per heavy atom. The zero-order valence-corrected chi connectivity index (χ0v) is 15.6. The quantitative estimate of drug-likeness (QED) is 0.589. The van der Waals surface area contributed by atoms with Gasteiger partial charge in [-0.15, -0.1) is 0 Å². The predicted molar refractivity (Wildman–Crippen MR) is 105 cm³/mol. The van der Waals surface area contributed by atoms with Gasteiger partial charge in [0, 0.05) is 5.56 Å². The van der Waals surface area contributed by atoms with Crippen LogP contribution in [-0.2, 0) is 10.7 Å². The van der Waals surface area contributed by atoms with Crippen LogP contribution in [0.5, 0.6) is 0 Å². The Balaban J connectivity index is 1.55. The van der Waals surface area contributed by atoms with E-state index in [1.165, 1.54) is 49.8 Å². The average Bonchev–Trinajstić information content (AvgIpc) is 2.71. The summed E-state index contributed by atoms with van der Waals surface area (Å²) >= 11 is 0. The van der Waals surface area contributed by atoms with Crippen molar-refractivity contribution < 1.29 is 13.6 Å². The zero-order valence-electron chi connectivity index (χ0n) is 15.6.